The van der Waals surface area contributed by atoms with Gasteiger partial charge in [-0.05, 0) is 23.8 Å². The first kappa shape index (κ1) is 23.1. The number of nitrogens with zero attached hydrogens (tertiary/aromatic N) is 6. The van der Waals surface area contributed by atoms with E-state index in [1.807, 2.05) is 37.4 Å². The van der Waals surface area contributed by atoms with Gasteiger partial charge in [0.2, 0.25) is 5.91 Å². The average Bonchev–Trinajstić information content (AvgIpc) is 3.26. The summed E-state index contributed by atoms with van der Waals surface area (Å²) in [5.74, 6) is 1.33. The molecule has 2 aromatic heterocycles. The molecule has 0 spiro atoms. The number of amides is 1. The number of rotatable bonds is 6. The third-order valence-corrected chi connectivity index (χ3v) is 6.57. The molecule has 180 valence electrons. The molecule has 1 aliphatic heterocycles. The van der Waals surface area contributed by atoms with Crippen LogP contribution in [0.25, 0.3) is 11.0 Å². The number of anilines is 2. The molecule has 2 aromatic carbocycles. The van der Waals surface area contributed by atoms with Crippen molar-refractivity contribution in [1.29, 1.82) is 0 Å². The Morgan fingerprint density at radius 2 is 1.86 bits per heavy atom. The second-order valence-corrected chi connectivity index (χ2v) is 8.78. The standard InChI is InChI=1S/C25H26ClN7O2/c1-31-23-19(15-29-31)24(28-16-27-23)33-12-10-32(11-13-33)22(17-6-4-3-5-7-17)25(34)30-18-8-9-21(35-2)20(26)14-18/h3-9,14-16,22H,10-13H2,1-2H3,(H,30,34). The maximum absolute atomic E-state index is 13.5. The third-order valence-electron chi connectivity index (χ3n) is 6.27. The lowest BCUT2D eigenvalue weighted by Crippen LogP contribution is -2.50. The van der Waals surface area contributed by atoms with Crippen molar-refractivity contribution in [1.82, 2.24) is 24.6 Å². The van der Waals surface area contributed by atoms with E-state index in [1.165, 1.54) is 0 Å². The quantitative estimate of drug-likeness (QED) is 0.441. The average molecular weight is 492 g/mol. The predicted molar refractivity (Wildman–Crippen MR) is 136 cm³/mol. The molecule has 5 rings (SSSR count). The number of ether oxygens (including phenoxy) is 1. The number of methoxy groups -OCH3 is 1. The number of halogens is 1. The summed E-state index contributed by atoms with van der Waals surface area (Å²) in [6, 6.07) is 14.6. The van der Waals surface area contributed by atoms with Gasteiger partial charge < -0.3 is 15.0 Å². The largest absolute Gasteiger partial charge is 0.495 e. The molecule has 0 radical (unpaired) electrons. The second-order valence-electron chi connectivity index (χ2n) is 8.38. The molecule has 3 heterocycles. The molecule has 4 aromatic rings. The Kier molecular flexibility index (Phi) is 6.52. The molecule has 0 saturated carbocycles. The van der Waals surface area contributed by atoms with Crippen LogP contribution in [0.15, 0.2) is 61.1 Å². The van der Waals surface area contributed by atoms with Crippen molar-refractivity contribution >= 4 is 40.0 Å². The normalized spacial score (nSPS) is 15.2. The molecule has 0 bridgehead atoms. The second kappa shape index (κ2) is 9.89. The number of aromatic nitrogens is 4. The topological polar surface area (TPSA) is 88.4 Å². The Hall–Kier alpha value is -3.69. The fraction of sp³-hybridized carbons (Fsp3) is 0.280. The monoisotopic (exact) mass is 491 g/mol. The van der Waals surface area contributed by atoms with Crippen LogP contribution in [0.2, 0.25) is 5.02 Å². The van der Waals surface area contributed by atoms with E-state index in [0.717, 1.165) is 35.5 Å². The Morgan fingerprint density at radius 3 is 2.57 bits per heavy atom. The van der Waals surface area contributed by atoms with Crippen LogP contribution in [0.1, 0.15) is 11.6 Å². The van der Waals surface area contributed by atoms with Crippen molar-refractivity contribution in [2.45, 2.75) is 6.04 Å². The van der Waals surface area contributed by atoms with Crippen LogP contribution in [-0.4, -0.2) is 63.8 Å². The van der Waals surface area contributed by atoms with Crippen LogP contribution < -0.4 is 15.0 Å². The Morgan fingerprint density at radius 1 is 1.09 bits per heavy atom. The van der Waals surface area contributed by atoms with Crippen molar-refractivity contribution in [3.63, 3.8) is 0 Å². The van der Waals surface area contributed by atoms with E-state index in [2.05, 4.69) is 30.2 Å². The van der Waals surface area contributed by atoms with E-state index in [1.54, 1.807) is 42.5 Å². The number of hydrogen-bond donors (Lipinski definition) is 1. The molecule has 1 fully saturated rings. The van der Waals surface area contributed by atoms with Gasteiger partial charge >= 0.3 is 0 Å². The smallest absolute Gasteiger partial charge is 0.246 e. The van der Waals surface area contributed by atoms with Crippen LogP contribution >= 0.6 is 11.6 Å². The molecule has 9 nitrogen and oxygen atoms in total. The number of fused-ring (bicyclic) bond motifs is 1. The number of carbonyl (C=O) groups is 1. The molecule has 1 unspecified atom stereocenters. The highest BCUT2D eigenvalue weighted by Gasteiger charge is 2.31. The van der Waals surface area contributed by atoms with E-state index in [0.29, 0.717) is 29.5 Å². The number of nitrogens with one attached hydrogen (secondary N) is 1. The van der Waals surface area contributed by atoms with Crippen molar-refractivity contribution in [2.75, 3.05) is 43.5 Å². The molecular formula is C25H26ClN7O2. The number of aryl methyl sites for hydroxylation is 1. The molecule has 1 atom stereocenters. The van der Waals surface area contributed by atoms with Crippen molar-refractivity contribution in [2.24, 2.45) is 7.05 Å². The zero-order valence-electron chi connectivity index (χ0n) is 19.6. The van der Waals surface area contributed by atoms with Crippen LogP contribution in [0, 0.1) is 0 Å². The molecule has 10 heteroatoms. The van der Waals surface area contributed by atoms with E-state index in [9.17, 15) is 4.79 Å². The summed E-state index contributed by atoms with van der Waals surface area (Å²) < 4.78 is 6.97. The summed E-state index contributed by atoms with van der Waals surface area (Å²) in [6.45, 7) is 2.85. The van der Waals surface area contributed by atoms with E-state index >= 15 is 0 Å². The van der Waals surface area contributed by atoms with Crippen LogP contribution in [0.3, 0.4) is 0 Å². The van der Waals surface area contributed by atoms with Gasteiger partial charge in [-0.2, -0.15) is 5.10 Å². The minimum atomic E-state index is -0.442. The van der Waals surface area contributed by atoms with Crippen molar-refractivity contribution < 1.29 is 9.53 Å². The Labute approximate surface area is 208 Å². The van der Waals surface area contributed by atoms with E-state index in [4.69, 9.17) is 16.3 Å². The number of benzene rings is 2. The van der Waals surface area contributed by atoms with Crippen LogP contribution in [-0.2, 0) is 11.8 Å². The molecule has 1 saturated heterocycles. The van der Waals surface area contributed by atoms with Crippen LogP contribution in [0.5, 0.6) is 5.75 Å². The van der Waals surface area contributed by atoms with Crippen molar-refractivity contribution in [3.8, 4) is 5.75 Å². The summed E-state index contributed by atoms with van der Waals surface area (Å²) in [6.07, 6.45) is 3.38. The molecule has 0 aliphatic carbocycles. The zero-order chi connectivity index (χ0) is 24.4. The lowest BCUT2D eigenvalue weighted by molar-refractivity contribution is -0.121. The van der Waals surface area contributed by atoms with Gasteiger partial charge in [-0.3, -0.25) is 14.4 Å². The number of carbonyl (C=O) groups excluding carboxylic acids is 1. The first-order valence-corrected chi connectivity index (χ1v) is 11.7. The summed E-state index contributed by atoms with van der Waals surface area (Å²) in [5.41, 5.74) is 2.37. The maximum Gasteiger partial charge on any atom is 0.246 e. The summed E-state index contributed by atoms with van der Waals surface area (Å²) in [5, 5.41) is 8.73. The minimum absolute atomic E-state index is 0.109. The molecule has 1 amide bonds. The number of piperazine rings is 1. The highest BCUT2D eigenvalue weighted by atomic mass is 35.5. The van der Waals surface area contributed by atoms with E-state index in [-0.39, 0.29) is 5.91 Å². The van der Waals surface area contributed by atoms with Gasteiger partial charge in [0.1, 0.15) is 23.9 Å². The molecular weight excluding hydrogens is 466 g/mol. The SMILES string of the molecule is COc1ccc(NC(=O)C(c2ccccc2)N2CCN(c3ncnc4c3cnn4C)CC2)cc1Cl. The lowest BCUT2D eigenvalue weighted by atomic mass is 10.0. The maximum atomic E-state index is 13.5. The minimum Gasteiger partial charge on any atom is -0.495 e. The Balaban J connectivity index is 1.36. The molecule has 35 heavy (non-hydrogen) atoms. The van der Waals surface area contributed by atoms with Gasteiger partial charge in [-0.1, -0.05) is 41.9 Å². The fourth-order valence-electron chi connectivity index (χ4n) is 4.51. The summed E-state index contributed by atoms with van der Waals surface area (Å²) >= 11 is 6.27. The highest BCUT2D eigenvalue weighted by molar-refractivity contribution is 6.32. The first-order valence-electron chi connectivity index (χ1n) is 11.4. The van der Waals surface area contributed by atoms with Gasteiger partial charge in [-0.25, -0.2) is 9.97 Å². The predicted octanol–water partition coefficient (Wildman–Crippen LogP) is 3.53. The van der Waals surface area contributed by atoms with Gasteiger partial charge in [0, 0.05) is 38.9 Å². The summed E-state index contributed by atoms with van der Waals surface area (Å²) in [7, 11) is 3.43. The van der Waals surface area contributed by atoms with Gasteiger partial charge in [0.25, 0.3) is 0 Å². The van der Waals surface area contributed by atoms with E-state index < -0.39 is 6.04 Å². The van der Waals surface area contributed by atoms with Crippen molar-refractivity contribution in [3.05, 3.63) is 71.6 Å². The van der Waals surface area contributed by atoms with Crippen LogP contribution in [0.4, 0.5) is 11.5 Å². The molecule has 1 N–H and O–H groups in total. The lowest BCUT2D eigenvalue weighted by Gasteiger charge is -2.39. The van der Waals surface area contributed by atoms with Gasteiger partial charge in [0.15, 0.2) is 5.65 Å². The first-order chi connectivity index (χ1) is 17.0. The highest BCUT2D eigenvalue weighted by Crippen LogP contribution is 2.30. The van der Waals surface area contributed by atoms with Gasteiger partial charge in [-0.15, -0.1) is 0 Å². The molecule has 1 aliphatic rings. The van der Waals surface area contributed by atoms with Gasteiger partial charge in [0.05, 0.1) is 23.7 Å². The third kappa shape index (κ3) is 4.65. The Bertz CT molecular complexity index is 1340. The zero-order valence-corrected chi connectivity index (χ0v) is 20.3. The number of hydrogen-bond acceptors (Lipinski definition) is 7. The fourth-order valence-corrected chi connectivity index (χ4v) is 4.77. The summed E-state index contributed by atoms with van der Waals surface area (Å²) in [4.78, 5) is 26.8.